The standard InChI is InChI=1S/C11H12O/c12-11-7-5-10(6-8-11)9-3-1-2-4-9/h1,3,5-9,12H,2,4H2. The molecule has 1 aliphatic rings. The highest BCUT2D eigenvalue weighted by Gasteiger charge is 2.10. The Morgan fingerprint density at radius 1 is 1.17 bits per heavy atom. The van der Waals surface area contributed by atoms with Crippen molar-refractivity contribution >= 4 is 0 Å². The number of phenols is 1. The molecule has 0 radical (unpaired) electrons. The maximum atomic E-state index is 9.08. The highest BCUT2D eigenvalue weighted by molar-refractivity contribution is 5.31. The summed E-state index contributed by atoms with van der Waals surface area (Å²) in [6, 6.07) is 7.49. The van der Waals surface area contributed by atoms with Crippen LogP contribution >= 0.6 is 0 Å². The van der Waals surface area contributed by atoms with E-state index in [1.807, 2.05) is 12.1 Å². The summed E-state index contributed by atoms with van der Waals surface area (Å²) in [5, 5.41) is 9.08. The summed E-state index contributed by atoms with van der Waals surface area (Å²) in [5.74, 6) is 0.923. The number of benzene rings is 1. The van der Waals surface area contributed by atoms with Crippen molar-refractivity contribution in [2.24, 2.45) is 0 Å². The fourth-order valence-corrected chi connectivity index (χ4v) is 1.63. The maximum absolute atomic E-state index is 9.08. The minimum Gasteiger partial charge on any atom is -0.508 e. The molecule has 1 aromatic rings. The van der Waals surface area contributed by atoms with Gasteiger partial charge in [0.2, 0.25) is 0 Å². The lowest BCUT2D eigenvalue weighted by atomic mass is 9.99. The first-order valence-electron chi connectivity index (χ1n) is 4.32. The van der Waals surface area contributed by atoms with Crippen molar-refractivity contribution in [3.8, 4) is 5.75 Å². The fourth-order valence-electron chi connectivity index (χ4n) is 1.63. The summed E-state index contributed by atoms with van der Waals surface area (Å²) in [7, 11) is 0. The highest BCUT2D eigenvalue weighted by atomic mass is 16.3. The molecule has 0 spiro atoms. The predicted molar refractivity (Wildman–Crippen MR) is 49.2 cm³/mol. The lowest BCUT2D eigenvalue weighted by molar-refractivity contribution is 0.475. The Morgan fingerprint density at radius 3 is 2.50 bits per heavy atom. The van der Waals surface area contributed by atoms with Crippen LogP contribution in [0.2, 0.25) is 0 Å². The van der Waals surface area contributed by atoms with E-state index in [-0.39, 0.29) is 0 Å². The van der Waals surface area contributed by atoms with Gasteiger partial charge in [0.15, 0.2) is 0 Å². The summed E-state index contributed by atoms with van der Waals surface area (Å²) >= 11 is 0. The van der Waals surface area contributed by atoms with E-state index in [0.29, 0.717) is 11.7 Å². The Hall–Kier alpha value is -1.24. The Kier molecular flexibility index (Phi) is 1.86. The third-order valence-electron chi connectivity index (χ3n) is 2.33. The van der Waals surface area contributed by atoms with Gasteiger partial charge >= 0.3 is 0 Å². The second-order valence-electron chi connectivity index (χ2n) is 3.20. The normalized spacial score (nSPS) is 21.5. The van der Waals surface area contributed by atoms with Crippen LogP contribution in [0.25, 0.3) is 0 Å². The third kappa shape index (κ3) is 1.35. The molecule has 1 atom stereocenters. The molecule has 0 heterocycles. The summed E-state index contributed by atoms with van der Waals surface area (Å²) in [6.45, 7) is 0. The van der Waals surface area contributed by atoms with E-state index in [1.165, 1.54) is 18.4 Å². The first kappa shape index (κ1) is 7.41. The van der Waals surface area contributed by atoms with Crippen LogP contribution in [0.3, 0.4) is 0 Å². The van der Waals surface area contributed by atoms with Crippen molar-refractivity contribution in [1.82, 2.24) is 0 Å². The molecule has 1 heteroatoms. The predicted octanol–water partition coefficient (Wildman–Crippen LogP) is 2.83. The Bertz CT molecular complexity index is 284. The van der Waals surface area contributed by atoms with Gasteiger partial charge in [-0.25, -0.2) is 0 Å². The zero-order chi connectivity index (χ0) is 8.39. The molecule has 1 aliphatic carbocycles. The molecule has 1 N–H and O–H groups in total. The number of rotatable bonds is 1. The molecule has 0 aliphatic heterocycles. The van der Waals surface area contributed by atoms with E-state index in [4.69, 9.17) is 5.11 Å². The SMILES string of the molecule is Oc1ccc(C2C=CCC2)cc1. The first-order chi connectivity index (χ1) is 5.86. The summed E-state index contributed by atoms with van der Waals surface area (Å²) in [6.07, 6.45) is 6.86. The molecule has 0 fully saturated rings. The number of aromatic hydroxyl groups is 1. The molecule has 12 heavy (non-hydrogen) atoms. The van der Waals surface area contributed by atoms with Crippen LogP contribution in [0.4, 0.5) is 0 Å². The van der Waals surface area contributed by atoms with Crippen LogP contribution in [0.1, 0.15) is 24.3 Å². The number of hydrogen-bond donors (Lipinski definition) is 1. The monoisotopic (exact) mass is 160 g/mol. The number of hydrogen-bond acceptors (Lipinski definition) is 1. The Balaban J connectivity index is 2.23. The van der Waals surface area contributed by atoms with Crippen LogP contribution < -0.4 is 0 Å². The molecular weight excluding hydrogens is 148 g/mol. The van der Waals surface area contributed by atoms with Crippen molar-refractivity contribution < 1.29 is 5.11 Å². The van der Waals surface area contributed by atoms with Crippen molar-refractivity contribution in [2.45, 2.75) is 18.8 Å². The quantitative estimate of drug-likeness (QED) is 0.626. The lowest BCUT2D eigenvalue weighted by Crippen LogP contribution is -1.89. The fraction of sp³-hybridized carbons (Fsp3) is 0.273. The van der Waals surface area contributed by atoms with Gasteiger partial charge in [-0.15, -0.1) is 0 Å². The van der Waals surface area contributed by atoms with E-state index >= 15 is 0 Å². The summed E-state index contributed by atoms with van der Waals surface area (Å²) < 4.78 is 0. The molecule has 0 saturated heterocycles. The van der Waals surface area contributed by atoms with E-state index in [2.05, 4.69) is 12.2 Å². The minimum absolute atomic E-state index is 0.348. The van der Waals surface area contributed by atoms with Crippen molar-refractivity contribution in [3.05, 3.63) is 42.0 Å². The van der Waals surface area contributed by atoms with E-state index in [9.17, 15) is 0 Å². The smallest absolute Gasteiger partial charge is 0.115 e. The van der Waals surface area contributed by atoms with Gasteiger partial charge in [-0.1, -0.05) is 24.3 Å². The average molecular weight is 160 g/mol. The maximum Gasteiger partial charge on any atom is 0.115 e. The van der Waals surface area contributed by atoms with Crippen molar-refractivity contribution in [3.63, 3.8) is 0 Å². The molecule has 0 bridgehead atoms. The second kappa shape index (κ2) is 3.02. The average Bonchev–Trinajstić information content (AvgIpc) is 2.58. The minimum atomic E-state index is 0.348. The molecule has 0 saturated carbocycles. The van der Waals surface area contributed by atoms with E-state index < -0.39 is 0 Å². The first-order valence-corrected chi connectivity index (χ1v) is 4.32. The van der Waals surface area contributed by atoms with Crippen LogP contribution in [0.15, 0.2) is 36.4 Å². The molecule has 1 aromatic carbocycles. The van der Waals surface area contributed by atoms with Crippen LogP contribution in [0.5, 0.6) is 5.75 Å². The van der Waals surface area contributed by atoms with Crippen LogP contribution in [0, 0.1) is 0 Å². The van der Waals surface area contributed by atoms with Gasteiger partial charge in [-0.3, -0.25) is 0 Å². The number of allylic oxidation sites excluding steroid dienone is 2. The molecular formula is C11H12O. The van der Waals surface area contributed by atoms with Gasteiger partial charge in [0.1, 0.15) is 5.75 Å². The molecule has 62 valence electrons. The third-order valence-corrected chi connectivity index (χ3v) is 2.33. The molecule has 1 unspecified atom stereocenters. The number of phenolic OH excluding ortho intramolecular Hbond substituents is 1. The topological polar surface area (TPSA) is 20.2 Å². The van der Waals surface area contributed by atoms with E-state index in [1.54, 1.807) is 12.1 Å². The zero-order valence-corrected chi connectivity index (χ0v) is 6.90. The van der Waals surface area contributed by atoms with Crippen molar-refractivity contribution in [1.29, 1.82) is 0 Å². The summed E-state index contributed by atoms with van der Waals surface area (Å²) in [4.78, 5) is 0. The van der Waals surface area contributed by atoms with Gasteiger partial charge < -0.3 is 5.11 Å². The molecule has 2 rings (SSSR count). The Morgan fingerprint density at radius 2 is 1.92 bits per heavy atom. The zero-order valence-electron chi connectivity index (χ0n) is 6.90. The van der Waals surface area contributed by atoms with Gasteiger partial charge in [-0.2, -0.15) is 0 Å². The molecule has 0 amide bonds. The molecule has 0 aromatic heterocycles. The van der Waals surface area contributed by atoms with Gasteiger partial charge in [0.25, 0.3) is 0 Å². The van der Waals surface area contributed by atoms with Crippen LogP contribution in [-0.4, -0.2) is 5.11 Å². The second-order valence-corrected chi connectivity index (χ2v) is 3.20. The molecule has 1 nitrogen and oxygen atoms in total. The summed E-state index contributed by atoms with van der Waals surface area (Å²) in [5.41, 5.74) is 1.31. The highest BCUT2D eigenvalue weighted by Crippen LogP contribution is 2.28. The largest absolute Gasteiger partial charge is 0.508 e. The van der Waals surface area contributed by atoms with Crippen LogP contribution in [-0.2, 0) is 0 Å². The lowest BCUT2D eigenvalue weighted by Gasteiger charge is -2.06. The van der Waals surface area contributed by atoms with Crippen molar-refractivity contribution in [2.75, 3.05) is 0 Å². The Labute approximate surface area is 72.4 Å². The van der Waals surface area contributed by atoms with Gasteiger partial charge in [0.05, 0.1) is 0 Å². The van der Waals surface area contributed by atoms with E-state index in [0.717, 1.165) is 0 Å². The van der Waals surface area contributed by atoms with Gasteiger partial charge in [0, 0.05) is 5.92 Å². The van der Waals surface area contributed by atoms with Gasteiger partial charge in [-0.05, 0) is 30.5 Å².